The van der Waals surface area contributed by atoms with Crippen LogP contribution in [0, 0.1) is 35.5 Å². The fraction of sp³-hybridized carbons (Fsp3) is 0.727. The van der Waals surface area contributed by atoms with Crippen LogP contribution in [-0.4, -0.2) is 29.0 Å². The molecule has 0 radical (unpaired) electrons. The normalized spacial score (nSPS) is 32.6. The summed E-state index contributed by atoms with van der Waals surface area (Å²) in [4.78, 5) is 0. The molecule has 0 saturated heterocycles. The minimum atomic E-state index is -0.486. The fourth-order valence-corrected chi connectivity index (χ4v) is 4.35. The Morgan fingerprint density at radius 1 is 1.32 bits per heavy atom. The van der Waals surface area contributed by atoms with Crippen LogP contribution in [0.2, 0.25) is 0 Å². The van der Waals surface area contributed by atoms with Crippen molar-refractivity contribution in [1.82, 2.24) is 0 Å². The number of aliphatic hydroxyl groups is 2. The Kier molecular flexibility index (Phi) is 8.22. The zero-order valence-corrected chi connectivity index (χ0v) is 15.8. The van der Waals surface area contributed by atoms with E-state index in [1.165, 1.54) is 6.42 Å². The second kappa shape index (κ2) is 10.2. The zero-order valence-electron chi connectivity index (χ0n) is 15.8. The summed E-state index contributed by atoms with van der Waals surface area (Å²) >= 11 is 0. The summed E-state index contributed by atoms with van der Waals surface area (Å²) in [6.07, 6.45) is 12.9. The zero-order chi connectivity index (χ0) is 18.2. The number of allylic oxidation sites excluding steroid dienone is 2. The number of aliphatic hydroxyl groups excluding tert-OH is 2. The highest BCUT2D eigenvalue weighted by Gasteiger charge is 2.44. The molecule has 2 fully saturated rings. The topological polar surface area (TPSA) is 66.5 Å². The summed E-state index contributed by atoms with van der Waals surface area (Å²) < 4.78 is 0. The van der Waals surface area contributed by atoms with E-state index < -0.39 is 6.10 Å². The lowest BCUT2D eigenvalue weighted by Gasteiger charge is -2.19. The Balaban J connectivity index is 1.90. The van der Waals surface area contributed by atoms with Crippen LogP contribution in [0.3, 0.4) is 0 Å². The molecule has 0 unspecified atom stereocenters. The monoisotopic (exact) mass is 345 g/mol. The molecule has 25 heavy (non-hydrogen) atoms. The number of nitrogens with two attached hydrogens (primary N) is 1. The van der Waals surface area contributed by atoms with Crippen LogP contribution in [-0.2, 0) is 0 Å². The Bertz CT molecular complexity index is 528. The van der Waals surface area contributed by atoms with Crippen LogP contribution >= 0.6 is 0 Å². The molecule has 0 spiro atoms. The van der Waals surface area contributed by atoms with Gasteiger partial charge in [-0.1, -0.05) is 30.7 Å². The Hall–Kier alpha value is -1.08. The molecule has 2 rings (SSSR count). The molecular weight excluding hydrogens is 310 g/mol. The average molecular weight is 346 g/mol. The van der Waals surface area contributed by atoms with Gasteiger partial charge < -0.3 is 15.9 Å². The second-order valence-electron chi connectivity index (χ2n) is 7.84. The van der Waals surface area contributed by atoms with Gasteiger partial charge >= 0.3 is 0 Å². The molecule has 2 aliphatic rings. The van der Waals surface area contributed by atoms with Gasteiger partial charge in [-0.05, 0) is 69.7 Å². The van der Waals surface area contributed by atoms with Crippen molar-refractivity contribution >= 4 is 0 Å². The molecule has 6 atom stereocenters. The number of unbranched alkanes of at least 4 members (excludes halogenated alkanes) is 2. The van der Waals surface area contributed by atoms with Crippen molar-refractivity contribution < 1.29 is 10.2 Å². The van der Waals surface area contributed by atoms with Crippen LogP contribution in [0.1, 0.15) is 58.8 Å². The molecule has 0 aromatic heterocycles. The van der Waals surface area contributed by atoms with Crippen molar-refractivity contribution in [2.45, 2.75) is 71.0 Å². The molecule has 3 nitrogen and oxygen atoms in total. The predicted octanol–water partition coefficient (Wildman–Crippen LogP) is 3.42. The minimum absolute atomic E-state index is 0.125. The molecule has 0 amide bonds. The molecule has 4 N–H and O–H groups in total. The third-order valence-corrected chi connectivity index (χ3v) is 5.92. The standard InChI is InChI=1S/C22H35NO2/c1-3-4-8-16(2)21(24)11-10-19-20-14-17(9-6-5-7-12-23)13-18(20)15-22(19)25/h9-11,16,18-22,24-25H,5-8,12-15,23H2,1-2H3/b11-10+,17-9+/t16-,18+,19-,20+,21-,22-/m1/s1. The maximum absolute atomic E-state index is 10.4. The van der Waals surface area contributed by atoms with E-state index in [-0.39, 0.29) is 17.9 Å². The highest BCUT2D eigenvalue weighted by molar-refractivity contribution is 5.18. The molecule has 0 aromatic carbocycles. The molecule has 0 aromatic rings. The van der Waals surface area contributed by atoms with Gasteiger partial charge in [0.05, 0.1) is 12.2 Å². The van der Waals surface area contributed by atoms with Gasteiger partial charge in [0.1, 0.15) is 0 Å². The molecule has 2 saturated carbocycles. The van der Waals surface area contributed by atoms with Crippen molar-refractivity contribution in [1.29, 1.82) is 0 Å². The van der Waals surface area contributed by atoms with E-state index in [4.69, 9.17) is 5.73 Å². The van der Waals surface area contributed by atoms with Gasteiger partial charge in [0.25, 0.3) is 0 Å². The quantitative estimate of drug-likeness (QED) is 0.359. The number of hydrogen-bond donors (Lipinski definition) is 3. The van der Waals surface area contributed by atoms with Gasteiger partial charge in [0, 0.05) is 12.3 Å². The van der Waals surface area contributed by atoms with Gasteiger partial charge in [-0.25, -0.2) is 0 Å². The molecule has 140 valence electrons. The summed E-state index contributed by atoms with van der Waals surface area (Å²) in [6.45, 7) is 4.62. The van der Waals surface area contributed by atoms with E-state index in [1.807, 2.05) is 19.9 Å². The van der Waals surface area contributed by atoms with Crippen LogP contribution in [0.5, 0.6) is 0 Å². The minimum Gasteiger partial charge on any atom is -0.392 e. The van der Waals surface area contributed by atoms with Crippen molar-refractivity contribution in [3.05, 3.63) is 23.8 Å². The Morgan fingerprint density at radius 3 is 2.84 bits per heavy atom. The Morgan fingerprint density at radius 2 is 2.12 bits per heavy atom. The lowest BCUT2D eigenvalue weighted by Crippen LogP contribution is -2.19. The smallest absolute Gasteiger partial charge is 0.0755 e. The maximum Gasteiger partial charge on any atom is 0.0755 e. The molecular formula is C22H35NO2. The van der Waals surface area contributed by atoms with E-state index in [0.29, 0.717) is 18.3 Å². The lowest BCUT2D eigenvalue weighted by atomic mass is 9.89. The molecule has 3 heteroatoms. The largest absolute Gasteiger partial charge is 0.392 e. The van der Waals surface area contributed by atoms with Crippen LogP contribution in [0.25, 0.3) is 0 Å². The van der Waals surface area contributed by atoms with Gasteiger partial charge in [-0.2, -0.15) is 0 Å². The average Bonchev–Trinajstić information content (AvgIpc) is 3.11. The highest BCUT2D eigenvalue weighted by atomic mass is 16.3. The lowest BCUT2D eigenvalue weighted by molar-refractivity contribution is 0.137. The van der Waals surface area contributed by atoms with Crippen molar-refractivity contribution in [3.8, 4) is 11.8 Å². The summed E-state index contributed by atoms with van der Waals surface area (Å²) in [5.41, 5.74) is 7.11. The first kappa shape index (κ1) is 20.2. The Labute approximate surface area is 153 Å². The van der Waals surface area contributed by atoms with E-state index in [2.05, 4.69) is 24.0 Å². The summed E-state index contributed by atoms with van der Waals surface area (Å²) in [5, 5.41) is 20.7. The molecule has 0 bridgehead atoms. The van der Waals surface area contributed by atoms with Gasteiger partial charge in [-0.3, -0.25) is 0 Å². The molecule has 0 heterocycles. The number of rotatable bonds is 8. The second-order valence-corrected chi connectivity index (χ2v) is 7.84. The van der Waals surface area contributed by atoms with Crippen LogP contribution in [0.15, 0.2) is 23.8 Å². The fourth-order valence-electron chi connectivity index (χ4n) is 4.35. The summed E-state index contributed by atoms with van der Waals surface area (Å²) in [7, 11) is 0. The first-order chi connectivity index (χ1) is 12.1. The van der Waals surface area contributed by atoms with Gasteiger partial charge in [-0.15, -0.1) is 11.8 Å². The first-order valence-electron chi connectivity index (χ1n) is 9.88. The number of hydrogen-bond acceptors (Lipinski definition) is 3. The van der Waals surface area contributed by atoms with Crippen molar-refractivity contribution in [2.24, 2.45) is 29.4 Å². The first-order valence-corrected chi connectivity index (χ1v) is 9.88. The highest BCUT2D eigenvalue weighted by Crippen LogP contribution is 2.50. The van der Waals surface area contributed by atoms with Crippen molar-refractivity contribution in [2.75, 3.05) is 6.54 Å². The van der Waals surface area contributed by atoms with E-state index in [9.17, 15) is 10.2 Å². The predicted molar refractivity (Wildman–Crippen MR) is 104 cm³/mol. The third-order valence-electron chi connectivity index (χ3n) is 5.92. The van der Waals surface area contributed by atoms with Crippen LogP contribution in [0.4, 0.5) is 0 Å². The van der Waals surface area contributed by atoms with Gasteiger partial charge in [0.15, 0.2) is 0 Å². The van der Waals surface area contributed by atoms with Crippen molar-refractivity contribution in [3.63, 3.8) is 0 Å². The summed E-state index contributed by atoms with van der Waals surface area (Å²) in [5.74, 6) is 7.35. The van der Waals surface area contributed by atoms with Crippen LogP contribution < -0.4 is 5.73 Å². The van der Waals surface area contributed by atoms with E-state index >= 15 is 0 Å². The van der Waals surface area contributed by atoms with E-state index in [1.54, 1.807) is 5.57 Å². The van der Waals surface area contributed by atoms with E-state index in [0.717, 1.165) is 38.6 Å². The third kappa shape index (κ3) is 5.71. The number of fused-ring (bicyclic) bond motifs is 1. The summed E-state index contributed by atoms with van der Waals surface area (Å²) in [6, 6.07) is 0. The molecule has 0 aliphatic heterocycles. The maximum atomic E-state index is 10.4. The molecule has 2 aliphatic carbocycles. The SMILES string of the molecule is CC#CC[C@@H](C)[C@H](O)/C=C/[C@@H]1[C@H]2C/C(=C/CCCCN)C[C@H]2C[C@H]1O. The van der Waals surface area contributed by atoms with Gasteiger partial charge in [0.2, 0.25) is 0 Å².